The molecule has 2 aromatic carbocycles. The summed E-state index contributed by atoms with van der Waals surface area (Å²) in [6, 6.07) is 9.81. The van der Waals surface area contributed by atoms with Crippen LogP contribution < -0.4 is 9.62 Å². The number of hydrogen-bond acceptors (Lipinski definition) is 5. The summed E-state index contributed by atoms with van der Waals surface area (Å²) in [5.74, 6) is -1.31. The largest absolute Gasteiger partial charge is 0.357 e. The third kappa shape index (κ3) is 6.93. The molecule has 2 aromatic rings. The second-order valence-corrected chi connectivity index (χ2v) is 10.2. The number of rotatable bonds is 9. The summed E-state index contributed by atoms with van der Waals surface area (Å²) in [6.07, 6.45) is 0.962. The molecule has 0 saturated heterocycles. The molecule has 1 N–H and O–H groups in total. The van der Waals surface area contributed by atoms with Crippen molar-refractivity contribution in [3.63, 3.8) is 0 Å². The number of anilines is 1. The number of nitrogens with one attached hydrogen (secondary N) is 1. The number of Topliss-reactive ketones (excluding diaryl/α,β-unsaturated/α-hetero) is 1. The molecule has 0 unspecified atom stereocenters. The van der Waals surface area contributed by atoms with Crippen LogP contribution in [0.3, 0.4) is 0 Å². The van der Waals surface area contributed by atoms with E-state index in [1.807, 2.05) is 0 Å². The van der Waals surface area contributed by atoms with Crippen LogP contribution in [0.4, 0.5) is 5.69 Å². The molecule has 0 saturated carbocycles. The number of carbonyl (C=O) groups is 3. The smallest absolute Gasteiger partial charge is 0.244 e. The van der Waals surface area contributed by atoms with Gasteiger partial charge in [0.1, 0.15) is 12.6 Å². The van der Waals surface area contributed by atoms with Gasteiger partial charge in [0.05, 0.1) is 11.9 Å². The van der Waals surface area contributed by atoms with Crippen LogP contribution in [-0.2, 0) is 26.2 Å². The summed E-state index contributed by atoms with van der Waals surface area (Å²) in [6.45, 7) is 2.26. The highest BCUT2D eigenvalue weighted by Gasteiger charge is 2.30. The van der Waals surface area contributed by atoms with E-state index in [0.29, 0.717) is 21.2 Å². The molecule has 0 radical (unpaired) electrons. The van der Waals surface area contributed by atoms with Crippen molar-refractivity contribution in [2.24, 2.45) is 0 Å². The molecule has 178 valence electrons. The lowest BCUT2D eigenvalue weighted by atomic mass is 10.1. The Labute approximate surface area is 203 Å². The summed E-state index contributed by atoms with van der Waals surface area (Å²) in [5.41, 5.74) is 1.00. The number of halogens is 2. The lowest BCUT2D eigenvalue weighted by Crippen LogP contribution is -2.50. The summed E-state index contributed by atoms with van der Waals surface area (Å²) in [7, 11) is -2.46. The van der Waals surface area contributed by atoms with Gasteiger partial charge in [0.15, 0.2) is 5.78 Å². The van der Waals surface area contributed by atoms with Crippen molar-refractivity contribution < 1.29 is 22.8 Å². The van der Waals surface area contributed by atoms with Crippen LogP contribution in [0.25, 0.3) is 0 Å². The van der Waals surface area contributed by atoms with Gasteiger partial charge in [0, 0.05) is 29.2 Å². The molecular weight excluding hydrogens is 489 g/mol. The zero-order valence-corrected chi connectivity index (χ0v) is 21.0. The Kier molecular flexibility index (Phi) is 8.88. The number of carbonyl (C=O) groups excluding carboxylic acids is 3. The molecule has 2 rings (SSSR count). The number of sulfonamides is 1. The molecule has 0 aromatic heterocycles. The SMILES string of the molecule is CNC(=O)[C@@H](C)N(Cc1ccc(Cl)cc1Cl)C(=O)CN(c1cccc(C(C)=O)c1)S(C)(=O)=O. The number of likely N-dealkylation sites (N-methyl/N-ethyl adjacent to an activating group) is 1. The van der Waals surface area contributed by atoms with Crippen molar-refractivity contribution in [2.75, 3.05) is 24.2 Å². The zero-order chi connectivity index (χ0) is 24.9. The Morgan fingerprint density at radius 2 is 1.76 bits per heavy atom. The monoisotopic (exact) mass is 513 g/mol. The standard InChI is InChI=1S/C22H25Cl2N3O5S/c1-14(22(30)25-3)26(12-17-8-9-18(23)11-20(17)24)21(29)13-27(33(4,31)32)19-7-5-6-16(10-19)15(2)28/h5-11,14H,12-13H2,1-4H3,(H,25,30)/t14-/m1/s1. The molecule has 33 heavy (non-hydrogen) atoms. The summed E-state index contributed by atoms with van der Waals surface area (Å²) in [5, 5.41) is 3.20. The highest BCUT2D eigenvalue weighted by atomic mass is 35.5. The Bertz CT molecular complexity index is 1170. The Morgan fingerprint density at radius 1 is 1.09 bits per heavy atom. The van der Waals surface area contributed by atoms with Crippen molar-refractivity contribution in [2.45, 2.75) is 26.4 Å². The number of ketones is 1. The van der Waals surface area contributed by atoms with E-state index < -0.39 is 34.4 Å². The quantitative estimate of drug-likeness (QED) is 0.518. The van der Waals surface area contributed by atoms with Crippen LogP contribution in [0.1, 0.15) is 29.8 Å². The van der Waals surface area contributed by atoms with E-state index in [-0.39, 0.29) is 18.0 Å². The van der Waals surface area contributed by atoms with Gasteiger partial charge >= 0.3 is 0 Å². The van der Waals surface area contributed by atoms with Gasteiger partial charge in [-0.05, 0) is 43.7 Å². The van der Waals surface area contributed by atoms with Crippen molar-refractivity contribution in [3.05, 3.63) is 63.6 Å². The van der Waals surface area contributed by atoms with Crippen molar-refractivity contribution >= 4 is 56.5 Å². The Balaban J connectivity index is 2.45. The first-order valence-corrected chi connectivity index (χ1v) is 12.5. The van der Waals surface area contributed by atoms with E-state index >= 15 is 0 Å². The Hall–Kier alpha value is -2.62. The maximum absolute atomic E-state index is 13.3. The van der Waals surface area contributed by atoms with Crippen molar-refractivity contribution in [1.82, 2.24) is 10.2 Å². The molecule has 0 fully saturated rings. The zero-order valence-electron chi connectivity index (χ0n) is 18.6. The molecule has 0 aliphatic rings. The van der Waals surface area contributed by atoms with E-state index in [9.17, 15) is 22.8 Å². The fourth-order valence-corrected chi connectivity index (χ4v) is 4.43. The van der Waals surface area contributed by atoms with Gasteiger partial charge in [-0.25, -0.2) is 8.42 Å². The maximum atomic E-state index is 13.3. The van der Waals surface area contributed by atoms with Gasteiger partial charge in [-0.2, -0.15) is 0 Å². The summed E-state index contributed by atoms with van der Waals surface area (Å²) in [4.78, 5) is 38.7. The van der Waals surface area contributed by atoms with Crippen LogP contribution in [0.2, 0.25) is 10.0 Å². The van der Waals surface area contributed by atoms with E-state index in [1.165, 1.54) is 50.1 Å². The summed E-state index contributed by atoms with van der Waals surface area (Å²) >= 11 is 12.2. The molecule has 11 heteroatoms. The van der Waals surface area contributed by atoms with E-state index in [0.717, 1.165) is 10.6 Å². The van der Waals surface area contributed by atoms with Crippen molar-refractivity contribution in [1.29, 1.82) is 0 Å². The van der Waals surface area contributed by atoms with Gasteiger partial charge in [-0.3, -0.25) is 18.7 Å². The first-order valence-electron chi connectivity index (χ1n) is 9.88. The molecular formula is C22H25Cl2N3O5S. The second kappa shape index (κ2) is 11.0. The highest BCUT2D eigenvalue weighted by molar-refractivity contribution is 7.92. The fourth-order valence-electron chi connectivity index (χ4n) is 3.12. The topological polar surface area (TPSA) is 104 Å². The molecule has 2 amide bonds. The third-order valence-corrected chi connectivity index (χ3v) is 6.72. The van der Waals surface area contributed by atoms with Crippen molar-refractivity contribution in [3.8, 4) is 0 Å². The number of amides is 2. The first kappa shape index (κ1) is 26.6. The predicted octanol–water partition coefficient (Wildman–Crippen LogP) is 3.13. The van der Waals surface area contributed by atoms with E-state index in [4.69, 9.17) is 23.2 Å². The lowest BCUT2D eigenvalue weighted by Gasteiger charge is -2.31. The summed E-state index contributed by atoms with van der Waals surface area (Å²) < 4.78 is 26.0. The first-order chi connectivity index (χ1) is 15.3. The molecule has 0 aliphatic heterocycles. The lowest BCUT2D eigenvalue weighted by molar-refractivity contribution is -0.139. The van der Waals surface area contributed by atoms with Crippen LogP contribution >= 0.6 is 23.2 Å². The minimum atomic E-state index is -3.90. The number of nitrogens with zero attached hydrogens (tertiary/aromatic N) is 2. The molecule has 0 spiro atoms. The number of benzene rings is 2. The minimum absolute atomic E-state index is 0.0471. The predicted molar refractivity (Wildman–Crippen MR) is 129 cm³/mol. The van der Waals surface area contributed by atoms with Gasteiger partial charge in [-0.1, -0.05) is 41.4 Å². The van der Waals surface area contributed by atoms with Crippen LogP contribution in [0, 0.1) is 0 Å². The normalized spacial score (nSPS) is 12.1. The van der Waals surface area contributed by atoms with E-state index in [2.05, 4.69) is 5.32 Å². The van der Waals surface area contributed by atoms with Crippen LogP contribution in [-0.4, -0.2) is 56.8 Å². The molecule has 0 aliphatic carbocycles. The molecule has 0 heterocycles. The van der Waals surface area contributed by atoms with Crippen LogP contribution in [0.15, 0.2) is 42.5 Å². The average molecular weight is 514 g/mol. The number of hydrogen-bond donors (Lipinski definition) is 1. The minimum Gasteiger partial charge on any atom is -0.357 e. The van der Waals surface area contributed by atoms with Gasteiger partial charge < -0.3 is 10.2 Å². The molecule has 0 bridgehead atoms. The fraction of sp³-hybridized carbons (Fsp3) is 0.318. The van der Waals surface area contributed by atoms with E-state index in [1.54, 1.807) is 18.2 Å². The Morgan fingerprint density at radius 3 is 2.30 bits per heavy atom. The van der Waals surface area contributed by atoms with Gasteiger partial charge in [0.2, 0.25) is 21.8 Å². The van der Waals surface area contributed by atoms with Gasteiger partial charge in [-0.15, -0.1) is 0 Å². The molecule has 8 nitrogen and oxygen atoms in total. The van der Waals surface area contributed by atoms with Gasteiger partial charge in [0.25, 0.3) is 0 Å². The highest BCUT2D eigenvalue weighted by Crippen LogP contribution is 2.24. The second-order valence-electron chi connectivity index (χ2n) is 7.42. The van der Waals surface area contributed by atoms with Crippen LogP contribution in [0.5, 0.6) is 0 Å². The maximum Gasteiger partial charge on any atom is 0.244 e. The third-order valence-electron chi connectivity index (χ3n) is 4.99. The molecule has 1 atom stereocenters. The average Bonchev–Trinajstić information content (AvgIpc) is 2.75.